The molecule has 2 aliphatic heterocycles. The van der Waals surface area contributed by atoms with Crippen LogP contribution in [0.4, 0.5) is 0 Å². The van der Waals surface area contributed by atoms with Gasteiger partial charge in [0.25, 0.3) is 0 Å². The second kappa shape index (κ2) is 29.3. The van der Waals surface area contributed by atoms with Crippen molar-refractivity contribution in [3.63, 3.8) is 0 Å². The van der Waals surface area contributed by atoms with Gasteiger partial charge in [-0.3, -0.25) is 4.79 Å². The van der Waals surface area contributed by atoms with Crippen LogP contribution in [0, 0.1) is 0 Å². The number of rotatable bonds is 31. The Morgan fingerprint density at radius 1 is 0.547 bits per heavy atom. The van der Waals surface area contributed by atoms with Crippen molar-refractivity contribution in [3.05, 3.63) is 0 Å². The molecule has 0 bridgehead atoms. The minimum Gasteiger partial charge on any atom is -0.457 e. The molecule has 0 aliphatic carbocycles. The molecule has 0 spiro atoms. The van der Waals surface area contributed by atoms with E-state index in [1.807, 2.05) is 6.92 Å². The van der Waals surface area contributed by atoms with E-state index < -0.39 is 86.7 Å². The van der Waals surface area contributed by atoms with Crippen molar-refractivity contribution in [3.8, 4) is 0 Å². The van der Waals surface area contributed by atoms with Gasteiger partial charge in [0, 0.05) is 13.0 Å². The van der Waals surface area contributed by atoms with E-state index in [0.717, 1.165) is 32.1 Å². The number of esters is 1. The van der Waals surface area contributed by atoms with Crippen molar-refractivity contribution in [1.82, 2.24) is 0 Å². The summed E-state index contributed by atoms with van der Waals surface area (Å²) in [4.78, 5) is 12.5. The Bertz CT molecular complexity index is 896. The Balaban J connectivity index is 1.72. The Morgan fingerprint density at radius 3 is 1.53 bits per heavy atom. The van der Waals surface area contributed by atoms with Crippen LogP contribution in [0.1, 0.15) is 142 Å². The summed E-state index contributed by atoms with van der Waals surface area (Å²) >= 11 is 0. The zero-order chi connectivity index (χ0) is 38.8. The average Bonchev–Trinajstić information content (AvgIpc) is 3.15. The molecule has 0 aromatic rings. The molecule has 2 saturated heterocycles. The first-order valence-electron chi connectivity index (χ1n) is 20.6. The van der Waals surface area contributed by atoms with Gasteiger partial charge in [0.1, 0.15) is 54.9 Å². The van der Waals surface area contributed by atoms with Gasteiger partial charge in [0.2, 0.25) is 0 Å². The van der Waals surface area contributed by atoms with Gasteiger partial charge in [-0.2, -0.15) is 0 Å². The fourth-order valence-corrected chi connectivity index (χ4v) is 6.64. The lowest BCUT2D eigenvalue weighted by molar-refractivity contribution is -0.332. The predicted molar refractivity (Wildman–Crippen MR) is 197 cm³/mol. The maximum atomic E-state index is 12.5. The number of carbonyl (C=O) groups is 1. The number of ether oxygens (including phenoxy) is 6. The summed E-state index contributed by atoms with van der Waals surface area (Å²) in [7, 11) is 0. The van der Waals surface area contributed by atoms with Crippen molar-refractivity contribution in [1.29, 1.82) is 0 Å². The average molecular weight is 767 g/mol. The lowest BCUT2D eigenvalue weighted by Gasteiger charge is -2.42. The van der Waals surface area contributed by atoms with E-state index in [1.165, 1.54) is 83.5 Å². The van der Waals surface area contributed by atoms with E-state index in [0.29, 0.717) is 13.0 Å². The topological polar surface area (TPSA) is 214 Å². The molecule has 0 aromatic heterocycles. The standard InChI is InChI=1S/C39H74O14/c1-3-5-7-8-9-10-11-12-13-14-15-16-17-18-19-21-23-48-25-28(51-31(41)22-20-6-4-2)26-49-38-37(47)35(45)33(43)30(53-38)27-50-39-36(46)34(44)32(42)29(24-40)52-39/h28-30,32-40,42-47H,3-27H2,1-2H3. The van der Waals surface area contributed by atoms with E-state index in [2.05, 4.69) is 6.92 Å². The molecule has 0 radical (unpaired) electrons. The molecule has 11 unspecified atom stereocenters. The highest BCUT2D eigenvalue weighted by atomic mass is 16.7. The lowest BCUT2D eigenvalue weighted by Crippen LogP contribution is -2.61. The third-order valence-electron chi connectivity index (χ3n) is 10.1. The first-order chi connectivity index (χ1) is 25.6. The van der Waals surface area contributed by atoms with Crippen LogP contribution < -0.4 is 0 Å². The molecular formula is C39H74O14. The van der Waals surface area contributed by atoms with Crippen molar-refractivity contribution in [2.75, 3.05) is 33.0 Å². The molecule has 11 atom stereocenters. The maximum Gasteiger partial charge on any atom is 0.306 e. The largest absolute Gasteiger partial charge is 0.457 e. The predicted octanol–water partition coefficient (Wildman–Crippen LogP) is 3.40. The van der Waals surface area contributed by atoms with Gasteiger partial charge < -0.3 is 64.2 Å². The minimum atomic E-state index is -1.70. The monoisotopic (exact) mass is 767 g/mol. The molecule has 2 aliphatic rings. The number of hydrogen-bond donors (Lipinski definition) is 7. The van der Waals surface area contributed by atoms with Crippen LogP contribution in [0.2, 0.25) is 0 Å². The Labute approximate surface area is 317 Å². The smallest absolute Gasteiger partial charge is 0.306 e. The number of carbonyl (C=O) groups excluding carboxylic acids is 1. The van der Waals surface area contributed by atoms with Crippen LogP contribution in [0.3, 0.4) is 0 Å². The number of aliphatic hydroxyl groups excluding tert-OH is 7. The number of hydrogen-bond acceptors (Lipinski definition) is 14. The van der Waals surface area contributed by atoms with Crippen LogP contribution in [0.5, 0.6) is 0 Å². The molecule has 2 fully saturated rings. The van der Waals surface area contributed by atoms with Crippen molar-refractivity contribution in [2.24, 2.45) is 0 Å². The lowest BCUT2D eigenvalue weighted by atomic mass is 9.98. The summed E-state index contributed by atoms with van der Waals surface area (Å²) in [6.45, 7) is 3.50. The van der Waals surface area contributed by atoms with Crippen LogP contribution >= 0.6 is 0 Å². The van der Waals surface area contributed by atoms with Gasteiger partial charge in [-0.15, -0.1) is 0 Å². The van der Waals surface area contributed by atoms with E-state index in [9.17, 15) is 40.5 Å². The molecule has 2 rings (SSSR count). The molecule has 53 heavy (non-hydrogen) atoms. The van der Waals surface area contributed by atoms with Crippen LogP contribution in [-0.4, -0.2) is 142 Å². The first-order valence-corrected chi connectivity index (χ1v) is 20.6. The van der Waals surface area contributed by atoms with Gasteiger partial charge in [-0.05, 0) is 12.8 Å². The van der Waals surface area contributed by atoms with Crippen LogP contribution in [0.25, 0.3) is 0 Å². The van der Waals surface area contributed by atoms with Gasteiger partial charge in [0.15, 0.2) is 12.6 Å². The quantitative estimate of drug-likeness (QED) is 0.0398. The number of unbranched alkanes of at least 4 members (excludes halogenated alkanes) is 17. The summed E-state index contributed by atoms with van der Waals surface area (Å²) < 4.78 is 33.7. The first kappa shape index (κ1) is 48.1. The third kappa shape index (κ3) is 19.1. The molecule has 0 amide bonds. The van der Waals surface area contributed by atoms with E-state index in [4.69, 9.17) is 28.4 Å². The molecular weight excluding hydrogens is 692 g/mol. The van der Waals surface area contributed by atoms with Gasteiger partial charge >= 0.3 is 5.97 Å². The third-order valence-corrected chi connectivity index (χ3v) is 10.1. The van der Waals surface area contributed by atoms with E-state index in [1.54, 1.807) is 0 Å². The molecule has 2 heterocycles. The van der Waals surface area contributed by atoms with Crippen LogP contribution in [-0.2, 0) is 33.2 Å². The van der Waals surface area contributed by atoms with Crippen molar-refractivity contribution in [2.45, 2.75) is 210 Å². The summed E-state index contributed by atoms with van der Waals surface area (Å²) in [5, 5.41) is 71.4. The van der Waals surface area contributed by atoms with E-state index in [-0.39, 0.29) is 19.6 Å². The summed E-state index contributed by atoms with van der Waals surface area (Å²) in [6, 6.07) is 0. The van der Waals surface area contributed by atoms with E-state index >= 15 is 0 Å². The van der Waals surface area contributed by atoms with Gasteiger partial charge in [0.05, 0.1) is 26.4 Å². The molecule has 14 nitrogen and oxygen atoms in total. The molecule has 0 aromatic carbocycles. The van der Waals surface area contributed by atoms with Crippen molar-refractivity contribution >= 4 is 5.97 Å². The summed E-state index contributed by atoms with van der Waals surface area (Å²) in [5.41, 5.74) is 0. The fourth-order valence-electron chi connectivity index (χ4n) is 6.64. The highest BCUT2D eigenvalue weighted by molar-refractivity contribution is 5.69. The number of aliphatic hydroxyl groups is 7. The summed E-state index contributed by atoms with van der Waals surface area (Å²) in [5.74, 6) is -0.399. The highest BCUT2D eigenvalue weighted by Gasteiger charge is 2.47. The molecule has 7 N–H and O–H groups in total. The van der Waals surface area contributed by atoms with Gasteiger partial charge in [-0.1, -0.05) is 123 Å². The maximum absolute atomic E-state index is 12.5. The minimum absolute atomic E-state index is 0.0654. The second-order valence-electron chi connectivity index (χ2n) is 14.8. The highest BCUT2D eigenvalue weighted by Crippen LogP contribution is 2.26. The molecule has 14 heteroatoms. The Morgan fingerprint density at radius 2 is 1.00 bits per heavy atom. The van der Waals surface area contributed by atoms with Gasteiger partial charge in [-0.25, -0.2) is 0 Å². The van der Waals surface area contributed by atoms with Crippen LogP contribution in [0.15, 0.2) is 0 Å². The fraction of sp³-hybridized carbons (Fsp3) is 0.974. The Hall–Kier alpha value is -1.01. The SMILES string of the molecule is CCCCCCCCCCCCCCCCCCOCC(COC1OC(COC2OC(CO)C(O)C(O)C2O)C(O)C(O)C1O)OC(=O)CCCCC. The normalized spacial score (nSPS) is 29.7. The summed E-state index contributed by atoms with van der Waals surface area (Å²) in [6.07, 6.45) is 7.08. The zero-order valence-electron chi connectivity index (χ0n) is 32.5. The van der Waals surface area contributed by atoms with Crippen molar-refractivity contribution < 1.29 is 69.0 Å². The molecule has 0 saturated carbocycles. The molecule has 314 valence electrons. The Kier molecular flexibility index (Phi) is 26.6. The zero-order valence-corrected chi connectivity index (χ0v) is 32.5. The second-order valence-corrected chi connectivity index (χ2v) is 14.8.